The van der Waals surface area contributed by atoms with Crippen LogP contribution in [0, 0.1) is 0 Å². The van der Waals surface area contributed by atoms with Crippen LogP contribution >= 0.6 is 11.9 Å². The molecule has 1 aromatic rings. The van der Waals surface area contributed by atoms with Gasteiger partial charge in [-0.15, -0.1) is 0 Å². The molecule has 0 bridgehead atoms. The van der Waals surface area contributed by atoms with Crippen molar-refractivity contribution in [1.82, 2.24) is 0 Å². The molecule has 69 valence electrons. The number of hydrogen-bond acceptors (Lipinski definition) is 4. The summed E-state index contributed by atoms with van der Waals surface area (Å²) in [6.07, 6.45) is 0. The van der Waals surface area contributed by atoms with Crippen molar-refractivity contribution in [2.45, 2.75) is 6.54 Å². The summed E-state index contributed by atoms with van der Waals surface area (Å²) in [4.78, 5) is 0. The summed E-state index contributed by atoms with van der Waals surface area (Å²) in [5, 5.41) is 17.8. The summed E-state index contributed by atoms with van der Waals surface area (Å²) in [5.74, 6) is 0.0842. The molecule has 1 rings (SSSR count). The van der Waals surface area contributed by atoms with Crippen molar-refractivity contribution in [2.75, 3.05) is 0 Å². The molecule has 1 radical (unpaired) electrons. The van der Waals surface area contributed by atoms with Gasteiger partial charge in [-0.25, -0.2) is 0 Å². The maximum Gasteiger partial charge on any atom is 0.119 e. The molecule has 0 saturated carbocycles. The molecule has 0 atom stereocenters. The van der Waals surface area contributed by atoms with Gasteiger partial charge in [0.2, 0.25) is 0 Å². The first-order valence-corrected chi connectivity index (χ1v) is 3.45. The smallest absolute Gasteiger partial charge is 0.119 e. The number of phenolic OH excluding ortho intramolecular Hbond substituents is 2. The Kier molecular flexibility index (Phi) is 10.3. The summed E-state index contributed by atoms with van der Waals surface area (Å²) < 4.78 is 6.47. The summed E-state index contributed by atoms with van der Waals surface area (Å²) >= 11 is 3.64. The Labute approximate surface area is 103 Å². The SMILES string of the molecule is NCc1cc(O)cc(O)c1.OCl.[Na]. The van der Waals surface area contributed by atoms with Crippen molar-refractivity contribution in [3.05, 3.63) is 23.8 Å². The van der Waals surface area contributed by atoms with Crippen molar-refractivity contribution < 1.29 is 14.9 Å². The molecule has 0 aliphatic carbocycles. The van der Waals surface area contributed by atoms with Gasteiger partial charge in [0, 0.05) is 42.2 Å². The van der Waals surface area contributed by atoms with E-state index < -0.39 is 0 Å². The minimum Gasteiger partial charge on any atom is -0.508 e. The average molecular weight is 215 g/mol. The summed E-state index contributed by atoms with van der Waals surface area (Å²) in [6, 6.07) is 4.29. The molecule has 0 fully saturated rings. The van der Waals surface area contributed by atoms with Crippen LogP contribution in [0.5, 0.6) is 11.5 Å². The first kappa shape index (κ1) is 15.5. The van der Waals surface area contributed by atoms with E-state index in [1.807, 2.05) is 0 Å². The van der Waals surface area contributed by atoms with E-state index in [9.17, 15) is 0 Å². The van der Waals surface area contributed by atoms with Gasteiger partial charge in [0.15, 0.2) is 0 Å². The van der Waals surface area contributed by atoms with E-state index in [0.29, 0.717) is 6.54 Å². The van der Waals surface area contributed by atoms with Crippen LogP contribution < -0.4 is 5.73 Å². The van der Waals surface area contributed by atoms with E-state index in [-0.39, 0.29) is 41.1 Å². The monoisotopic (exact) mass is 214 g/mol. The van der Waals surface area contributed by atoms with Crippen molar-refractivity contribution in [3.63, 3.8) is 0 Å². The second-order valence-corrected chi connectivity index (χ2v) is 2.06. The Hall–Kier alpha value is 0.0300. The third kappa shape index (κ3) is 6.15. The van der Waals surface area contributed by atoms with Gasteiger partial charge in [-0.1, -0.05) is 0 Å². The molecular formula is C7H10ClNNaO3. The number of benzene rings is 1. The van der Waals surface area contributed by atoms with Crippen LogP contribution in [0.4, 0.5) is 0 Å². The summed E-state index contributed by atoms with van der Waals surface area (Å²) in [6.45, 7) is 0.321. The molecular weight excluding hydrogens is 205 g/mol. The van der Waals surface area contributed by atoms with Gasteiger partial charge in [-0.05, 0) is 17.7 Å². The molecule has 5 N–H and O–H groups in total. The molecule has 0 aromatic heterocycles. The second kappa shape index (κ2) is 8.62. The van der Waals surface area contributed by atoms with Gasteiger partial charge < -0.3 is 15.9 Å². The molecule has 0 aliphatic heterocycles. The van der Waals surface area contributed by atoms with Crippen LogP contribution in [0.25, 0.3) is 0 Å². The molecule has 0 aliphatic rings. The zero-order chi connectivity index (χ0) is 9.56. The minimum atomic E-state index is 0. The average Bonchev–Trinajstić information content (AvgIpc) is 2.06. The number of nitrogens with two attached hydrogens (primary N) is 1. The van der Waals surface area contributed by atoms with Gasteiger partial charge in [-0.2, -0.15) is 0 Å². The van der Waals surface area contributed by atoms with Crippen LogP contribution in [0.1, 0.15) is 5.56 Å². The first-order valence-electron chi connectivity index (χ1n) is 3.11. The molecule has 0 amide bonds. The fourth-order valence-corrected chi connectivity index (χ4v) is 0.774. The van der Waals surface area contributed by atoms with E-state index >= 15 is 0 Å². The van der Waals surface area contributed by atoms with Crippen LogP contribution in [0.3, 0.4) is 0 Å². The van der Waals surface area contributed by atoms with Crippen molar-refractivity contribution in [2.24, 2.45) is 5.73 Å². The van der Waals surface area contributed by atoms with Crippen LogP contribution in [-0.4, -0.2) is 44.4 Å². The standard InChI is InChI=1S/C7H9NO2.ClHO.Na/c8-4-5-1-6(9)3-7(10)2-5;1-2;/h1-3,9-10H,4,8H2;2H;. The molecule has 0 heterocycles. The normalized spacial score (nSPS) is 7.92. The Morgan fingerprint density at radius 1 is 1.08 bits per heavy atom. The molecule has 0 spiro atoms. The molecule has 0 saturated heterocycles. The number of halogens is 1. The van der Waals surface area contributed by atoms with Crippen molar-refractivity contribution >= 4 is 41.4 Å². The third-order valence-electron chi connectivity index (χ3n) is 1.20. The summed E-state index contributed by atoms with van der Waals surface area (Å²) in [5.41, 5.74) is 5.99. The molecule has 1 aromatic carbocycles. The number of phenols is 2. The predicted molar refractivity (Wildman–Crippen MR) is 51.5 cm³/mol. The number of rotatable bonds is 1. The van der Waals surface area contributed by atoms with E-state index in [1.165, 1.54) is 18.2 Å². The van der Waals surface area contributed by atoms with E-state index in [0.717, 1.165) is 5.56 Å². The topological polar surface area (TPSA) is 86.7 Å². The molecule has 13 heavy (non-hydrogen) atoms. The van der Waals surface area contributed by atoms with E-state index in [2.05, 4.69) is 11.9 Å². The minimum absolute atomic E-state index is 0. The summed E-state index contributed by atoms with van der Waals surface area (Å²) in [7, 11) is 0. The zero-order valence-corrected chi connectivity index (χ0v) is 9.99. The number of hydrogen-bond donors (Lipinski definition) is 4. The van der Waals surface area contributed by atoms with Gasteiger partial charge in [0.25, 0.3) is 0 Å². The van der Waals surface area contributed by atoms with E-state index in [1.54, 1.807) is 0 Å². The van der Waals surface area contributed by atoms with Gasteiger partial charge in [0.1, 0.15) is 11.5 Å². The quantitative estimate of drug-likeness (QED) is 0.507. The fourth-order valence-electron chi connectivity index (χ4n) is 0.774. The Bertz CT molecular complexity index is 227. The maximum absolute atomic E-state index is 8.91. The van der Waals surface area contributed by atoms with Crippen LogP contribution in [-0.2, 0) is 6.54 Å². The Balaban J connectivity index is 0. The molecule has 0 unspecified atom stereocenters. The largest absolute Gasteiger partial charge is 0.508 e. The van der Waals surface area contributed by atoms with E-state index in [4.69, 9.17) is 20.6 Å². The van der Waals surface area contributed by atoms with Gasteiger partial charge in [0.05, 0.1) is 11.9 Å². The maximum atomic E-state index is 8.91. The van der Waals surface area contributed by atoms with Crippen LogP contribution in [0.2, 0.25) is 0 Å². The predicted octanol–water partition coefficient (Wildman–Crippen LogP) is 0.308. The third-order valence-corrected chi connectivity index (χ3v) is 1.20. The second-order valence-electron chi connectivity index (χ2n) is 2.06. The Morgan fingerprint density at radius 2 is 1.46 bits per heavy atom. The first-order chi connectivity index (χ1) is 5.72. The molecule has 6 heteroatoms. The van der Waals surface area contributed by atoms with Gasteiger partial charge >= 0.3 is 0 Å². The fraction of sp³-hybridized carbons (Fsp3) is 0.143. The Morgan fingerprint density at radius 3 is 1.77 bits per heavy atom. The van der Waals surface area contributed by atoms with Crippen LogP contribution in [0.15, 0.2) is 18.2 Å². The zero-order valence-electron chi connectivity index (χ0n) is 7.24. The van der Waals surface area contributed by atoms with Crippen molar-refractivity contribution in [3.8, 4) is 11.5 Å². The van der Waals surface area contributed by atoms with Crippen molar-refractivity contribution in [1.29, 1.82) is 0 Å². The number of aromatic hydroxyl groups is 2. The molecule has 4 nitrogen and oxygen atoms in total. The van der Waals surface area contributed by atoms with Gasteiger partial charge in [-0.3, -0.25) is 4.66 Å².